The fourth-order valence-corrected chi connectivity index (χ4v) is 2.66. The first-order valence-corrected chi connectivity index (χ1v) is 7.43. The van der Waals surface area contributed by atoms with Gasteiger partial charge in [0.25, 0.3) is 5.91 Å². The van der Waals surface area contributed by atoms with Crippen LogP contribution in [0.3, 0.4) is 0 Å². The Morgan fingerprint density at radius 3 is 2.86 bits per heavy atom. The number of hydrogen-bond acceptors (Lipinski definition) is 3. The monoisotopic (exact) mass is 284 g/mol. The van der Waals surface area contributed by atoms with Crippen molar-refractivity contribution in [2.24, 2.45) is 0 Å². The van der Waals surface area contributed by atoms with Gasteiger partial charge in [0.2, 0.25) is 0 Å². The van der Waals surface area contributed by atoms with Crippen molar-refractivity contribution in [3.05, 3.63) is 59.0 Å². The van der Waals surface area contributed by atoms with Crippen LogP contribution in [-0.4, -0.2) is 23.9 Å². The maximum Gasteiger partial charge on any atom is 0.254 e. The first-order valence-electron chi connectivity index (χ1n) is 7.43. The van der Waals surface area contributed by atoms with E-state index >= 15 is 0 Å². The minimum atomic E-state index is 0.0986. The molecule has 1 amide bonds. The molecule has 2 heterocycles. The van der Waals surface area contributed by atoms with Gasteiger partial charge in [-0.3, -0.25) is 4.79 Å². The summed E-state index contributed by atoms with van der Waals surface area (Å²) in [5.74, 6) is 1.86. The second-order valence-electron chi connectivity index (χ2n) is 5.28. The van der Waals surface area contributed by atoms with E-state index in [2.05, 4.69) is 12.2 Å². The molecule has 1 aliphatic rings. The molecule has 1 aromatic carbocycles. The van der Waals surface area contributed by atoms with Crippen LogP contribution in [-0.2, 0) is 19.5 Å². The molecular weight excluding hydrogens is 264 g/mol. The van der Waals surface area contributed by atoms with Gasteiger partial charge in [-0.2, -0.15) is 0 Å². The van der Waals surface area contributed by atoms with Gasteiger partial charge < -0.3 is 14.6 Å². The SMILES string of the molecule is CCNCc1ccc(CN2CCc3ccccc3C2=O)o1. The number of hydrogen-bond donors (Lipinski definition) is 1. The average Bonchev–Trinajstić information content (AvgIpc) is 2.96. The van der Waals surface area contributed by atoms with E-state index < -0.39 is 0 Å². The lowest BCUT2D eigenvalue weighted by Crippen LogP contribution is -2.36. The molecule has 1 aliphatic heterocycles. The number of carbonyl (C=O) groups excluding carboxylic acids is 1. The molecular formula is C17H20N2O2. The number of nitrogens with one attached hydrogen (secondary N) is 1. The third-order valence-electron chi connectivity index (χ3n) is 3.80. The van der Waals surface area contributed by atoms with E-state index in [1.165, 1.54) is 0 Å². The Balaban J connectivity index is 1.69. The summed E-state index contributed by atoms with van der Waals surface area (Å²) >= 11 is 0. The Labute approximate surface area is 124 Å². The summed E-state index contributed by atoms with van der Waals surface area (Å²) < 4.78 is 5.77. The van der Waals surface area contributed by atoms with Crippen molar-refractivity contribution >= 4 is 5.91 Å². The molecule has 1 N–H and O–H groups in total. The van der Waals surface area contributed by atoms with Crippen LogP contribution in [0.4, 0.5) is 0 Å². The van der Waals surface area contributed by atoms with E-state index in [4.69, 9.17) is 4.42 Å². The van der Waals surface area contributed by atoms with Crippen LogP contribution in [0.1, 0.15) is 34.4 Å². The maximum atomic E-state index is 12.5. The van der Waals surface area contributed by atoms with Crippen LogP contribution in [0.2, 0.25) is 0 Å². The zero-order chi connectivity index (χ0) is 14.7. The van der Waals surface area contributed by atoms with Crippen molar-refractivity contribution in [3.8, 4) is 0 Å². The predicted molar refractivity (Wildman–Crippen MR) is 81.0 cm³/mol. The summed E-state index contributed by atoms with van der Waals surface area (Å²) in [6.07, 6.45) is 0.910. The molecule has 0 saturated heterocycles. The van der Waals surface area contributed by atoms with Crippen molar-refractivity contribution < 1.29 is 9.21 Å². The zero-order valence-electron chi connectivity index (χ0n) is 12.3. The number of fused-ring (bicyclic) bond motifs is 1. The average molecular weight is 284 g/mol. The Morgan fingerprint density at radius 1 is 1.19 bits per heavy atom. The lowest BCUT2D eigenvalue weighted by atomic mass is 9.99. The number of benzene rings is 1. The van der Waals surface area contributed by atoms with Crippen molar-refractivity contribution in [3.63, 3.8) is 0 Å². The van der Waals surface area contributed by atoms with Crippen molar-refractivity contribution in [2.45, 2.75) is 26.4 Å². The van der Waals surface area contributed by atoms with E-state index in [1.54, 1.807) is 0 Å². The van der Waals surface area contributed by atoms with Gasteiger partial charge in [0, 0.05) is 12.1 Å². The number of nitrogens with zero attached hydrogens (tertiary/aromatic N) is 1. The van der Waals surface area contributed by atoms with Gasteiger partial charge in [0.1, 0.15) is 11.5 Å². The van der Waals surface area contributed by atoms with Crippen LogP contribution in [0.15, 0.2) is 40.8 Å². The van der Waals surface area contributed by atoms with Crippen LogP contribution in [0.5, 0.6) is 0 Å². The van der Waals surface area contributed by atoms with Gasteiger partial charge in [-0.15, -0.1) is 0 Å². The summed E-state index contributed by atoms with van der Waals surface area (Å²) in [4.78, 5) is 14.3. The smallest absolute Gasteiger partial charge is 0.254 e. The van der Waals surface area contributed by atoms with Gasteiger partial charge in [0.15, 0.2) is 0 Å². The Bertz CT molecular complexity index is 633. The van der Waals surface area contributed by atoms with Crippen molar-refractivity contribution in [1.29, 1.82) is 0 Å². The molecule has 110 valence electrons. The Hall–Kier alpha value is -2.07. The summed E-state index contributed by atoms with van der Waals surface area (Å²) in [5, 5.41) is 3.23. The highest BCUT2D eigenvalue weighted by Gasteiger charge is 2.24. The lowest BCUT2D eigenvalue weighted by molar-refractivity contribution is 0.0714. The summed E-state index contributed by atoms with van der Waals surface area (Å²) in [7, 11) is 0. The number of carbonyl (C=O) groups is 1. The van der Waals surface area contributed by atoms with Crippen LogP contribution in [0, 0.1) is 0 Å². The molecule has 1 aromatic heterocycles. The van der Waals surface area contributed by atoms with E-state index in [-0.39, 0.29) is 5.91 Å². The van der Waals surface area contributed by atoms with Gasteiger partial charge >= 0.3 is 0 Å². The minimum Gasteiger partial charge on any atom is -0.463 e. The van der Waals surface area contributed by atoms with Gasteiger partial charge in [0.05, 0.1) is 13.1 Å². The molecule has 0 radical (unpaired) electrons. The van der Waals surface area contributed by atoms with Crippen molar-refractivity contribution in [2.75, 3.05) is 13.1 Å². The third kappa shape index (κ3) is 3.00. The van der Waals surface area contributed by atoms with Crippen LogP contribution < -0.4 is 5.32 Å². The fraction of sp³-hybridized carbons (Fsp3) is 0.353. The zero-order valence-corrected chi connectivity index (χ0v) is 12.3. The largest absolute Gasteiger partial charge is 0.463 e. The highest BCUT2D eigenvalue weighted by Crippen LogP contribution is 2.21. The third-order valence-corrected chi connectivity index (χ3v) is 3.80. The molecule has 2 aromatic rings. The summed E-state index contributed by atoms with van der Waals surface area (Å²) in [5.41, 5.74) is 1.97. The molecule has 21 heavy (non-hydrogen) atoms. The molecule has 0 atom stereocenters. The van der Waals surface area contributed by atoms with E-state index in [0.717, 1.165) is 48.7 Å². The lowest BCUT2D eigenvalue weighted by Gasteiger charge is -2.27. The molecule has 0 fully saturated rings. The highest BCUT2D eigenvalue weighted by molar-refractivity contribution is 5.96. The summed E-state index contributed by atoms with van der Waals surface area (Å²) in [6.45, 7) is 5.00. The van der Waals surface area contributed by atoms with Gasteiger partial charge in [-0.05, 0) is 36.7 Å². The first kappa shape index (κ1) is 13.9. The molecule has 3 rings (SSSR count). The number of amides is 1. The second-order valence-corrected chi connectivity index (χ2v) is 5.28. The van der Waals surface area contributed by atoms with E-state index in [9.17, 15) is 4.79 Å². The maximum absolute atomic E-state index is 12.5. The van der Waals surface area contributed by atoms with Crippen molar-refractivity contribution in [1.82, 2.24) is 10.2 Å². The summed E-state index contributed by atoms with van der Waals surface area (Å²) in [6, 6.07) is 11.8. The molecule has 0 aliphatic carbocycles. The van der Waals surface area contributed by atoms with E-state index in [1.807, 2.05) is 41.3 Å². The second kappa shape index (κ2) is 6.14. The Kier molecular flexibility index (Phi) is 4.06. The van der Waals surface area contributed by atoms with Crippen LogP contribution >= 0.6 is 0 Å². The molecule has 0 bridgehead atoms. The molecule has 4 nitrogen and oxygen atoms in total. The molecule has 0 saturated carbocycles. The van der Waals surface area contributed by atoms with Gasteiger partial charge in [-0.25, -0.2) is 0 Å². The van der Waals surface area contributed by atoms with E-state index in [0.29, 0.717) is 6.54 Å². The number of furan rings is 1. The van der Waals surface area contributed by atoms with Gasteiger partial charge in [-0.1, -0.05) is 25.1 Å². The normalized spacial score (nSPS) is 14.3. The fourth-order valence-electron chi connectivity index (χ4n) is 2.66. The minimum absolute atomic E-state index is 0.0986. The highest BCUT2D eigenvalue weighted by atomic mass is 16.3. The molecule has 0 spiro atoms. The predicted octanol–water partition coefficient (Wildman–Crippen LogP) is 2.59. The first-order chi connectivity index (χ1) is 10.3. The Morgan fingerprint density at radius 2 is 2.00 bits per heavy atom. The number of rotatable bonds is 5. The standard InChI is InChI=1S/C17H20N2O2/c1-2-18-11-14-7-8-15(21-14)12-19-10-9-13-5-3-4-6-16(13)17(19)20/h3-8,18H,2,9-12H2,1H3. The topological polar surface area (TPSA) is 45.5 Å². The molecule has 0 unspecified atom stereocenters. The quantitative estimate of drug-likeness (QED) is 0.918. The van der Waals surface area contributed by atoms with Crippen LogP contribution in [0.25, 0.3) is 0 Å². The molecule has 4 heteroatoms.